The van der Waals surface area contributed by atoms with Crippen LogP contribution in [0.1, 0.15) is 42.6 Å². The summed E-state index contributed by atoms with van der Waals surface area (Å²) in [6.07, 6.45) is -3.32. The van der Waals surface area contributed by atoms with Crippen LogP contribution in [0, 0.1) is 5.92 Å². The highest BCUT2D eigenvalue weighted by Gasteiger charge is 2.34. The number of rotatable bonds is 4. The lowest BCUT2D eigenvalue weighted by Crippen LogP contribution is -2.15. The highest BCUT2D eigenvalue weighted by molar-refractivity contribution is 6.31. The molecule has 0 radical (unpaired) electrons. The maximum Gasteiger partial charge on any atom is 0.417 e. The molecule has 0 unspecified atom stereocenters. The molecule has 0 atom stereocenters. The first kappa shape index (κ1) is 15.0. The van der Waals surface area contributed by atoms with Gasteiger partial charge in [-0.25, -0.2) is 0 Å². The number of Topliss-reactive ketones (excluding diaryl/α,β-unsaturated/α-hetero) is 1. The molecule has 100 valence electrons. The molecule has 0 saturated heterocycles. The van der Waals surface area contributed by atoms with Crippen LogP contribution in [-0.2, 0) is 6.18 Å². The third kappa shape index (κ3) is 3.25. The van der Waals surface area contributed by atoms with Crippen LogP contribution < -0.4 is 0 Å². The second-order valence-corrected chi connectivity index (χ2v) is 4.48. The molecule has 18 heavy (non-hydrogen) atoms. The Bertz CT molecular complexity index is 436. The third-order valence-corrected chi connectivity index (χ3v) is 3.24. The number of carbonyl (C=O) groups excluding carboxylic acids is 1. The van der Waals surface area contributed by atoms with Crippen molar-refractivity contribution < 1.29 is 18.0 Å². The number of carbonyl (C=O) groups is 1. The van der Waals surface area contributed by atoms with Gasteiger partial charge in [0, 0.05) is 11.5 Å². The van der Waals surface area contributed by atoms with E-state index in [1.165, 1.54) is 6.07 Å². The van der Waals surface area contributed by atoms with Crippen LogP contribution in [0.15, 0.2) is 18.2 Å². The van der Waals surface area contributed by atoms with Crippen LogP contribution >= 0.6 is 11.6 Å². The second-order valence-electron chi connectivity index (χ2n) is 4.07. The molecule has 0 aromatic heterocycles. The van der Waals surface area contributed by atoms with Crippen molar-refractivity contribution in [1.82, 2.24) is 0 Å². The molecule has 0 N–H and O–H groups in total. The van der Waals surface area contributed by atoms with Gasteiger partial charge in [0.2, 0.25) is 0 Å². The van der Waals surface area contributed by atoms with Crippen molar-refractivity contribution in [3.05, 3.63) is 34.3 Å². The fourth-order valence-corrected chi connectivity index (χ4v) is 2.02. The van der Waals surface area contributed by atoms with Crippen molar-refractivity contribution in [1.29, 1.82) is 0 Å². The first-order valence-electron chi connectivity index (χ1n) is 5.72. The average molecular weight is 279 g/mol. The Morgan fingerprint density at radius 2 is 1.83 bits per heavy atom. The lowest BCUT2D eigenvalue weighted by Gasteiger charge is -2.14. The maximum atomic E-state index is 12.7. The van der Waals surface area contributed by atoms with Crippen LogP contribution in [0.5, 0.6) is 0 Å². The molecule has 1 nitrogen and oxygen atoms in total. The van der Waals surface area contributed by atoms with Crippen LogP contribution in [-0.4, -0.2) is 5.78 Å². The van der Waals surface area contributed by atoms with Gasteiger partial charge in [-0.3, -0.25) is 4.79 Å². The molecule has 0 spiro atoms. The summed E-state index contributed by atoms with van der Waals surface area (Å²) in [5.41, 5.74) is -0.888. The van der Waals surface area contributed by atoms with Crippen molar-refractivity contribution >= 4 is 17.4 Å². The summed E-state index contributed by atoms with van der Waals surface area (Å²) in [4.78, 5) is 12.0. The van der Waals surface area contributed by atoms with Crippen LogP contribution in [0.3, 0.4) is 0 Å². The van der Waals surface area contributed by atoms with E-state index >= 15 is 0 Å². The molecular formula is C13H14ClF3O. The van der Waals surface area contributed by atoms with E-state index < -0.39 is 11.7 Å². The van der Waals surface area contributed by atoms with Crippen LogP contribution in [0.4, 0.5) is 13.2 Å². The molecule has 0 aliphatic heterocycles. The first-order valence-corrected chi connectivity index (χ1v) is 6.10. The van der Waals surface area contributed by atoms with Crippen LogP contribution in [0.2, 0.25) is 5.02 Å². The van der Waals surface area contributed by atoms with Crippen molar-refractivity contribution in [2.24, 2.45) is 5.92 Å². The number of hydrogen-bond acceptors (Lipinski definition) is 1. The quantitative estimate of drug-likeness (QED) is 0.710. The predicted octanol–water partition coefficient (Wildman–Crippen LogP) is 4.98. The van der Waals surface area contributed by atoms with E-state index in [9.17, 15) is 18.0 Å². The van der Waals surface area contributed by atoms with Crippen molar-refractivity contribution in [3.63, 3.8) is 0 Å². The molecule has 1 aromatic rings. The minimum absolute atomic E-state index is 0.0698. The minimum Gasteiger partial charge on any atom is -0.294 e. The second kappa shape index (κ2) is 5.74. The number of halogens is 4. The Balaban J connectivity index is 3.17. The van der Waals surface area contributed by atoms with Crippen molar-refractivity contribution in [2.75, 3.05) is 0 Å². The summed E-state index contributed by atoms with van der Waals surface area (Å²) in [5.74, 6) is -0.505. The molecule has 0 amide bonds. The summed E-state index contributed by atoms with van der Waals surface area (Å²) in [6, 6.07) is 3.31. The van der Waals surface area contributed by atoms with Gasteiger partial charge >= 0.3 is 6.18 Å². The Kier molecular flexibility index (Phi) is 4.79. The van der Waals surface area contributed by atoms with Gasteiger partial charge in [0.15, 0.2) is 5.78 Å². The molecule has 1 aromatic carbocycles. The fourth-order valence-electron chi connectivity index (χ4n) is 1.79. The molecule has 0 fully saturated rings. The van der Waals surface area contributed by atoms with Crippen molar-refractivity contribution in [3.8, 4) is 0 Å². The van der Waals surface area contributed by atoms with Gasteiger partial charge in [0.1, 0.15) is 0 Å². The van der Waals surface area contributed by atoms with E-state index in [1.54, 1.807) is 0 Å². The maximum absolute atomic E-state index is 12.7. The molecule has 5 heteroatoms. The van der Waals surface area contributed by atoms with E-state index in [-0.39, 0.29) is 22.3 Å². The number of ketones is 1. The Morgan fingerprint density at radius 3 is 2.28 bits per heavy atom. The number of benzene rings is 1. The van der Waals surface area contributed by atoms with E-state index in [2.05, 4.69) is 0 Å². The van der Waals surface area contributed by atoms with Gasteiger partial charge in [0.25, 0.3) is 0 Å². The predicted molar refractivity (Wildman–Crippen MR) is 64.9 cm³/mol. The van der Waals surface area contributed by atoms with E-state index in [0.29, 0.717) is 12.8 Å². The topological polar surface area (TPSA) is 17.1 Å². The zero-order valence-corrected chi connectivity index (χ0v) is 10.9. The summed E-state index contributed by atoms with van der Waals surface area (Å²) < 4.78 is 38.0. The lowest BCUT2D eigenvalue weighted by molar-refractivity contribution is -0.137. The average Bonchev–Trinajstić information content (AvgIpc) is 2.29. The van der Waals surface area contributed by atoms with Gasteiger partial charge in [-0.05, 0) is 31.0 Å². The normalized spacial score (nSPS) is 11.9. The fraction of sp³-hybridized carbons (Fsp3) is 0.462. The van der Waals surface area contributed by atoms with Gasteiger partial charge in [-0.15, -0.1) is 0 Å². The molecule has 0 aliphatic carbocycles. The molecule has 0 aliphatic rings. The summed E-state index contributed by atoms with van der Waals surface area (Å²) in [6.45, 7) is 3.68. The molecule has 0 heterocycles. The monoisotopic (exact) mass is 278 g/mol. The van der Waals surface area contributed by atoms with Gasteiger partial charge in [-0.2, -0.15) is 13.2 Å². The standard InChI is InChI=1S/C13H14ClF3O/c1-3-8(4-2)12(18)9-5-6-11(14)10(7-9)13(15,16)17/h5-8H,3-4H2,1-2H3. The number of hydrogen-bond donors (Lipinski definition) is 0. The Hall–Kier alpha value is -1.03. The van der Waals surface area contributed by atoms with E-state index in [4.69, 9.17) is 11.6 Å². The SMILES string of the molecule is CCC(CC)C(=O)c1ccc(Cl)c(C(F)(F)F)c1. The largest absolute Gasteiger partial charge is 0.417 e. The smallest absolute Gasteiger partial charge is 0.294 e. The highest BCUT2D eigenvalue weighted by Crippen LogP contribution is 2.35. The number of alkyl halides is 3. The summed E-state index contributed by atoms with van der Waals surface area (Å²) in [7, 11) is 0. The molecular weight excluding hydrogens is 265 g/mol. The van der Waals surface area contributed by atoms with Crippen LogP contribution in [0.25, 0.3) is 0 Å². The molecule has 1 rings (SSSR count). The first-order chi connectivity index (χ1) is 8.31. The highest BCUT2D eigenvalue weighted by atomic mass is 35.5. The third-order valence-electron chi connectivity index (χ3n) is 2.91. The summed E-state index contributed by atoms with van der Waals surface area (Å²) >= 11 is 5.50. The lowest BCUT2D eigenvalue weighted by atomic mass is 9.92. The van der Waals surface area contributed by atoms with Gasteiger partial charge in [0.05, 0.1) is 10.6 Å². The van der Waals surface area contributed by atoms with Gasteiger partial charge < -0.3 is 0 Å². The van der Waals surface area contributed by atoms with E-state index in [1.807, 2.05) is 13.8 Å². The summed E-state index contributed by atoms with van der Waals surface area (Å²) in [5, 5.41) is -0.386. The Morgan fingerprint density at radius 1 is 1.28 bits per heavy atom. The minimum atomic E-state index is -4.54. The molecule has 0 saturated carbocycles. The van der Waals surface area contributed by atoms with Crippen molar-refractivity contribution in [2.45, 2.75) is 32.9 Å². The Labute approximate surface area is 109 Å². The zero-order chi connectivity index (χ0) is 13.9. The van der Waals surface area contributed by atoms with E-state index in [0.717, 1.165) is 12.1 Å². The zero-order valence-electron chi connectivity index (χ0n) is 10.1. The molecule has 0 bridgehead atoms. The van der Waals surface area contributed by atoms with Gasteiger partial charge in [-0.1, -0.05) is 25.4 Å².